The molecule has 3 aromatic heterocycles. The molecule has 8 rings (SSSR count). The molecule has 2 aliphatic rings. The van der Waals surface area contributed by atoms with Crippen LogP contribution in [0.3, 0.4) is 0 Å². The third-order valence-corrected chi connectivity index (χ3v) is 24.3. The number of anilines is 1. The van der Waals surface area contributed by atoms with E-state index in [0.717, 1.165) is 43.3 Å². The van der Waals surface area contributed by atoms with Gasteiger partial charge in [0, 0.05) is 31.1 Å². The summed E-state index contributed by atoms with van der Waals surface area (Å²) >= 11 is 0. The van der Waals surface area contributed by atoms with Gasteiger partial charge in [-0.2, -0.15) is 10.2 Å². The number of carbonyl (C=O) groups is 1. The zero-order valence-corrected chi connectivity index (χ0v) is 56.4. The van der Waals surface area contributed by atoms with Crippen LogP contribution in [0.15, 0.2) is 119 Å². The van der Waals surface area contributed by atoms with Crippen molar-refractivity contribution in [2.75, 3.05) is 59.2 Å². The Morgan fingerprint density at radius 3 is 2.05 bits per heavy atom. The number of rotatable bonds is 35. The predicted octanol–water partition coefficient (Wildman–Crippen LogP) is 12.4. The number of azide groups is 1. The summed E-state index contributed by atoms with van der Waals surface area (Å²) in [5, 5.41) is 16.2. The summed E-state index contributed by atoms with van der Waals surface area (Å²) in [6, 6.07) is 25.8. The number of aliphatic imine (C=N–C) groups is 1. The number of nitrogens with one attached hydrogen (secondary N) is 1. The zero-order valence-electron chi connectivity index (χ0n) is 54.5. The number of imidazole rings is 1. The summed E-state index contributed by atoms with van der Waals surface area (Å²) in [4.78, 5) is 53.8. The van der Waals surface area contributed by atoms with Crippen molar-refractivity contribution in [3.05, 3.63) is 141 Å². The van der Waals surface area contributed by atoms with Crippen molar-refractivity contribution in [2.24, 2.45) is 10.1 Å². The molecule has 2 aliphatic heterocycles. The van der Waals surface area contributed by atoms with Crippen LogP contribution in [0.4, 0.5) is 16.0 Å². The number of ether oxygens (including phenoxy) is 6. The number of hydrogen-bond donors (Lipinski definition) is 1. The van der Waals surface area contributed by atoms with Crippen LogP contribution in [-0.4, -0.2) is 145 Å². The van der Waals surface area contributed by atoms with Crippen molar-refractivity contribution in [3.8, 4) is 17.6 Å². The highest BCUT2D eigenvalue weighted by Crippen LogP contribution is 2.55. The number of phosphoric ester groups is 1. The van der Waals surface area contributed by atoms with Gasteiger partial charge in [0.2, 0.25) is 14.2 Å². The van der Waals surface area contributed by atoms with Crippen molar-refractivity contribution in [2.45, 2.75) is 166 Å². The van der Waals surface area contributed by atoms with Gasteiger partial charge in [0.15, 0.2) is 35.6 Å². The molecule has 1 N–H and O–H groups in total. The van der Waals surface area contributed by atoms with Gasteiger partial charge in [0.1, 0.15) is 60.4 Å². The molecule has 0 aliphatic carbocycles. The minimum atomic E-state index is -5.14. The monoisotopic (exact) mass is 1320 g/mol. The number of hydrogen-bond acceptors (Lipinski definition) is 20. The lowest BCUT2D eigenvalue weighted by molar-refractivity contribution is -0.117. The lowest BCUT2D eigenvalue weighted by Gasteiger charge is -2.42. The van der Waals surface area contributed by atoms with Gasteiger partial charge in [0.05, 0.1) is 65.3 Å². The molecular weight excluding hydrogens is 1240 g/mol. The number of halogens is 1. The molecule has 2 fully saturated rings. The van der Waals surface area contributed by atoms with Crippen molar-refractivity contribution in [1.29, 1.82) is 5.26 Å². The Morgan fingerprint density at radius 1 is 0.860 bits per heavy atom. The number of unbranched alkanes of at least 4 members (excludes halogenated alkanes) is 2. The Labute approximate surface area is 542 Å². The van der Waals surface area contributed by atoms with Gasteiger partial charge in [-0.15, -0.1) is 0 Å². The highest BCUT2D eigenvalue weighted by atomic mass is 31.2. The Balaban J connectivity index is 1.22. The second-order valence-corrected chi connectivity index (χ2v) is 30.6. The summed E-state index contributed by atoms with van der Waals surface area (Å²) in [5.74, 6) is 0.850. The van der Waals surface area contributed by atoms with E-state index in [9.17, 15) is 20.4 Å². The molecule has 1 unspecified atom stereocenters. The van der Waals surface area contributed by atoms with E-state index in [1.807, 2.05) is 60.7 Å². The Morgan fingerprint density at radius 2 is 1.48 bits per heavy atom. The molecule has 500 valence electrons. The maximum Gasteiger partial charge on any atom is 0.475 e. The summed E-state index contributed by atoms with van der Waals surface area (Å²) in [7, 11) is -4.74. The van der Waals surface area contributed by atoms with Crippen LogP contribution >= 0.6 is 7.82 Å². The predicted molar refractivity (Wildman–Crippen MR) is 348 cm³/mol. The summed E-state index contributed by atoms with van der Waals surface area (Å²) in [6.45, 7) is 17.6. The van der Waals surface area contributed by atoms with Crippen molar-refractivity contribution in [1.82, 2.24) is 34.0 Å². The first-order valence-corrected chi connectivity index (χ1v) is 34.9. The lowest BCUT2D eigenvalue weighted by Crippen LogP contribution is -2.49. The number of amides is 1. The topological polar surface area (TPSA) is 305 Å². The van der Waals surface area contributed by atoms with E-state index in [2.05, 4.69) is 101 Å². The second kappa shape index (κ2) is 33.0. The summed E-state index contributed by atoms with van der Waals surface area (Å²) in [6.07, 6.45) is -1.70. The summed E-state index contributed by atoms with van der Waals surface area (Å²) < 4.78 is 100. The van der Waals surface area contributed by atoms with E-state index < -0.39 is 102 Å². The highest BCUT2D eigenvalue weighted by molar-refractivity contribution is 7.48. The first kappa shape index (κ1) is 71.3. The van der Waals surface area contributed by atoms with Crippen molar-refractivity contribution in [3.63, 3.8) is 0 Å². The van der Waals surface area contributed by atoms with Gasteiger partial charge in [-0.1, -0.05) is 128 Å². The number of nitrogens with zero attached hydrogens (tertiary/aromatic N) is 12. The first-order chi connectivity index (χ1) is 44.8. The quantitative estimate of drug-likeness (QED) is 0.00369. The van der Waals surface area contributed by atoms with Gasteiger partial charge in [-0.05, 0) is 82.0 Å². The fraction of sp³-hybridized carbons (Fsp3) is 0.531. The van der Waals surface area contributed by atoms with Crippen molar-refractivity contribution < 1.29 is 60.2 Å². The van der Waals surface area contributed by atoms with E-state index in [0.29, 0.717) is 28.2 Å². The number of benzene rings is 3. The van der Waals surface area contributed by atoms with Gasteiger partial charge in [-0.3, -0.25) is 27.5 Å². The van der Waals surface area contributed by atoms with Crippen LogP contribution in [0.1, 0.15) is 124 Å². The van der Waals surface area contributed by atoms with E-state index >= 15 is 8.96 Å². The maximum absolute atomic E-state index is 17.1. The molecule has 6 aromatic rings. The van der Waals surface area contributed by atoms with Crippen LogP contribution in [0.5, 0.6) is 11.5 Å². The molecule has 93 heavy (non-hydrogen) atoms. The fourth-order valence-electron chi connectivity index (χ4n) is 12.3. The number of phosphoric acid groups is 1. The molecule has 3 aromatic carbocycles. The largest absolute Gasteiger partial charge is 0.497 e. The van der Waals surface area contributed by atoms with Crippen LogP contribution < -0.4 is 20.5 Å². The van der Waals surface area contributed by atoms with Crippen LogP contribution in [-0.2, 0) is 51.9 Å². The summed E-state index contributed by atoms with van der Waals surface area (Å²) in [5.41, 5.74) is 10.2. The molecule has 0 radical (unpaired) electrons. The van der Waals surface area contributed by atoms with E-state index in [4.69, 9.17) is 46.4 Å². The van der Waals surface area contributed by atoms with E-state index in [-0.39, 0.29) is 52.6 Å². The minimum absolute atomic E-state index is 0.0473. The average Bonchev–Trinajstić information content (AvgIpc) is 1.76. The smallest absolute Gasteiger partial charge is 0.475 e. The second-order valence-electron chi connectivity index (χ2n) is 23.5. The molecular formula is C64H85FN13O13PSi. The number of carbonyl (C=O) groups excluding carboxylic acids is 1. The molecule has 0 bridgehead atoms. The standard InChI is InChI=1S/C64H85FN13O13PSi/c1-12-14-32-76(33-15-13-2)39-71-59-56-60(69-38-68-59)78(40-70-56)61-54(65)55(74-75-67)51(89-61)37-87-92(81,86-35-19-31-66)91-57-52(36-85-64(46-20-17-16-18-21-46,47-22-26-49(82-10)27-23-47)48-24-28-50(83-11)29-25-48)90-62(77-34-30-53(72-45(9)79)73-63(77)80)58(57)84-41-88-93(42(3)4,43(5)6)44(7)8/h16-18,20-30,34,38-40,42-44,51-52,54-55,57-58,61-62H,12-15,19,32-33,35-37,41H2,1-11H3,(H,72,73,79,80)/b71-39+/t51-,52-,54-,55-,57-,58-,61-,62-,92?/m1/s1. The number of nitriles is 1. The zero-order chi connectivity index (χ0) is 66.9. The third kappa shape index (κ3) is 16.5. The average molecular weight is 1320 g/mol. The number of methoxy groups -OCH3 is 2. The van der Waals surface area contributed by atoms with Gasteiger partial charge < -0.3 is 43.1 Å². The fourth-order valence-corrected chi connectivity index (χ4v) is 19.0. The van der Waals surface area contributed by atoms with Crippen molar-refractivity contribution >= 4 is 51.2 Å². The first-order valence-electron chi connectivity index (χ1n) is 31.3. The third-order valence-electron chi connectivity index (χ3n) is 16.8. The molecule has 0 saturated carbocycles. The minimum Gasteiger partial charge on any atom is -0.497 e. The highest BCUT2D eigenvalue weighted by Gasteiger charge is 2.55. The van der Waals surface area contributed by atoms with Crippen LogP contribution in [0, 0.1) is 11.3 Å². The molecule has 2 saturated heterocycles. The molecule has 26 nitrogen and oxygen atoms in total. The van der Waals surface area contributed by atoms with Gasteiger partial charge >= 0.3 is 13.5 Å². The Hall–Kier alpha value is -7.51. The molecule has 29 heteroatoms. The normalized spacial score (nSPS) is 20.7. The number of aromatic nitrogens is 6. The molecule has 0 spiro atoms. The molecule has 5 heterocycles. The van der Waals surface area contributed by atoms with Crippen LogP contribution in [0.2, 0.25) is 16.6 Å². The Bertz CT molecular complexity index is 3560. The van der Waals surface area contributed by atoms with Crippen LogP contribution in [0.25, 0.3) is 21.6 Å². The lowest BCUT2D eigenvalue weighted by atomic mass is 9.80. The molecule has 1 amide bonds. The van der Waals surface area contributed by atoms with Gasteiger partial charge in [-0.25, -0.2) is 33.7 Å². The number of alkyl halides is 1. The van der Waals surface area contributed by atoms with E-state index in [1.54, 1.807) is 44.8 Å². The Kier molecular flexibility index (Phi) is 25.4. The SMILES string of the molecule is CCCCN(/C=N/c1ncnc2c1ncn2[C@@H]1O[C@H](COP(=O)(OCCC#N)O[C@H]2[C@@H](OCO[Si](C(C)C)(C(C)C)C(C)C)[C@H](n3ccc(NC(C)=O)nc3=O)O[C@@H]2COC(c2ccccc2)(c2ccc(OC)cc2)c2ccc(OC)cc2)[C@@H](N=[N+]=[N-])[C@H]1F)CCCC. The number of fused-ring (bicyclic) bond motifs is 1. The molecule has 9 atom stereocenters. The van der Waals surface area contributed by atoms with Gasteiger partial charge in [0.25, 0.3) is 0 Å². The maximum atomic E-state index is 17.1. The van der Waals surface area contributed by atoms with E-state index in [1.165, 1.54) is 36.4 Å².